The van der Waals surface area contributed by atoms with E-state index in [-0.39, 0.29) is 5.17 Å². The third-order valence-electron chi connectivity index (χ3n) is 1.44. The van der Waals surface area contributed by atoms with E-state index in [0.717, 1.165) is 5.56 Å². The highest BCUT2D eigenvalue weighted by Gasteiger charge is 1.97. The summed E-state index contributed by atoms with van der Waals surface area (Å²) in [5.74, 6) is 0. The molecule has 1 aromatic carbocycles. The van der Waals surface area contributed by atoms with Gasteiger partial charge in [-0.2, -0.15) is 5.26 Å². The second kappa shape index (κ2) is 5.43. The van der Waals surface area contributed by atoms with E-state index in [9.17, 15) is 0 Å². The number of ether oxygens (including phenoxy) is 1. The summed E-state index contributed by atoms with van der Waals surface area (Å²) >= 11 is 10.4. The maximum atomic E-state index is 8.22. The molecule has 1 aromatic rings. The lowest BCUT2D eigenvalue weighted by Crippen LogP contribution is -2.17. The van der Waals surface area contributed by atoms with E-state index in [1.54, 1.807) is 18.3 Å². The van der Waals surface area contributed by atoms with E-state index in [1.165, 1.54) is 0 Å². The molecule has 0 atom stereocenters. The van der Waals surface area contributed by atoms with E-state index < -0.39 is 0 Å². The van der Waals surface area contributed by atoms with E-state index in [1.807, 2.05) is 12.1 Å². The van der Waals surface area contributed by atoms with Crippen LogP contribution >= 0.6 is 23.8 Å². The maximum Gasteiger partial charge on any atom is 0.270 e. The molecule has 14 heavy (non-hydrogen) atoms. The minimum absolute atomic E-state index is 0.0717. The van der Waals surface area contributed by atoms with Crippen LogP contribution in [-0.4, -0.2) is 5.17 Å². The number of halogens is 1. The zero-order chi connectivity index (χ0) is 10.4. The molecule has 0 bridgehead atoms. The highest BCUT2D eigenvalue weighted by molar-refractivity contribution is 7.80. The van der Waals surface area contributed by atoms with Crippen molar-refractivity contribution in [1.82, 2.24) is 5.32 Å². The molecule has 0 unspecified atom stereocenters. The smallest absolute Gasteiger partial charge is 0.270 e. The zero-order valence-corrected chi connectivity index (χ0v) is 8.73. The Kier molecular flexibility index (Phi) is 4.17. The van der Waals surface area contributed by atoms with Crippen LogP contribution in [0.15, 0.2) is 24.3 Å². The van der Waals surface area contributed by atoms with Crippen molar-refractivity contribution in [2.75, 3.05) is 0 Å². The molecule has 0 aliphatic carbocycles. The van der Waals surface area contributed by atoms with Crippen molar-refractivity contribution in [3.05, 3.63) is 34.9 Å². The van der Waals surface area contributed by atoms with Crippen molar-refractivity contribution in [1.29, 1.82) is 5.26 Å². The molecule has 0 radical (unpaired) electrons. The number of nitrogens with zero attached hydrogens (tertiary/aromatic N) is 1. The predicted molar refractivity (Wildman–Crippen MR) is 57.6 cm³/mol. The van der Waals surface area contributed by atoms with Gasteiger partial charge in [0.25, 0.3) is 5.17 Å². The van der Waals surface area contributed by atoms with Crippen molar-refractivity contribution >= 4 is 29.0 Å². The van der Waals surface area contributed by atoms with Crippen LogP contribution in [-0.2, 0) is 11.3 Å². The Labute approximate surface area is 92.2 Å². The lowest BCUT2D eigenvalue weighted by molar-refractivity contribution is 0.291. The van der Waals surface area contributed by atoms with Gasteiger partial charge in [0.15, 0.2) is 6.19 Å². The molecule has 1 N–H and O–H groups in total. The van der Waals surface area contributed by atoms with Gasteiger partial charge >= 0.3 is 0 Å². The minimum atomic E-state index is 0.0717. The number of nitriles is 1. The molecule has 0 heterocycles. The Morgan fingerprint density at radius 1 is 1.50 bits per heavy atom. The third-order valence-corrected chi connectivity index (χ3v) is 1.91. The summed E-state index contributed by atoms with van der Waals surface area (Å²) in [4.78, 5) is 0. The summed E-state index contributed by atoms with van der Waals surface area (Å²) in [6, 6.07) is 7.19. The van der Waals surface area contributed by atoms with Crippen LogP contribution in [0.3, 0.4) is 0 Å². The Bertz CT molecular complexity index is 358. The molecule has 0 aromatic heterocycles. The van der Waals surface area contributed by atoms with Gasteiger partial charge in [-0.05, 0) is 29.9 Å². The summed E-state index contributed by atoms with van der Waals surface area (Å²) in [5, 5.41) is 11.2. The highest BCUT2D eigenvalue weighted by atomic mass is 35.5. The largest absolute Gasteiger partial charge is 0.465 e. The maximum absolute atomic E-state index is 8.22. The normalized spacial score (nSPS) is 8.86. The van der Waals surface area contributed by atoms with Crippen molar-refractivity contribution in [3.63, 3.8) is 0 Å². The first-order chi connectivity index (χ1) is 6.72. The van der Waals surface area contributed by atoms with E-state index in [0.29, 0.717) is 11.6 Å². The highest BCUT2D eigenvalue weighted by Crippen LogP contribution is 2.10. The van der Waals surface area contributed by atoms with Crippen LogP contribution in [0.4, 0.5) is 0 Å². The summed E-state index contributed by atoms with van der Waals surface area (Å²) < 4.78 is 5.06. The van der Waals surface area contributed by atoms with Crippen LogP contribution in [0.1, 0.15) is 5.56 Å². The van der Waals surface area contributed by atoms with E-state index in [4.69, 9.17) is 33.8 Å². The first kappa shape index (κ1) is 10.8. The topological polar surface area (TPSA) is 45.0 Å². The molecule has 1 rings (SSSR count). The molecule has 0 saturated heterocycles. The molecule has 0 amide bonds. The summed E-state index contributed by atoms with van der Waals surface area (Å²) in [5.41, 5.74) is 0.941. The minimum Gasteiger partial charge on any atom is -0.465 e. The monoisotopic (exact) mass is 226 g/mol. The fourth-order valence-electron chi connectivity index (χ4n) is 0.811. The molecular formula is C9H7ClN2OS. The Hall–Kier alpha value is -1.31. The molecule has 72 valence electrons. The van der Waals surface area contributed by atoms with E-state index in [2.05, 4.69) is 5.32 Å². The van der Waals surface area contributed by atoms with Gasteiger partial charge in [0.1, 0.15) is 6.61 Å². The van der Waals surface area contributed by atoms with Gasteiger partial charge in [-0.25, -0.2) is 0 Å². The Morgan fingerprint density at radius 2 is 2.14 bits per heavy atom. The first-order valence-electron chi connectivity index (χ1n) is 3.78. The quantitative estimate of drug-likeness (QED) is 0.477. The number of hydrogen-bond acceptors (Lipinski definition) is 3. The Balaban J connectivity index is 2.43. The number of nitrogens with one attached hydrogen (secondary N) is 1. The molecule has 0 aliphatic heterocycles. The van der Waals surface area contributed by atoms with Crippen LogP contribution in [0.2, 0.25) is 5.02 Å². The van der Waals surface area contributed by atoms with Gasteiger partial charge in [0.2, 0.25) is 0 Å². The predicted octanol–water partition coefficient (Wildman–Crippen LogP) is 2.21. The van der Waals surface area contributed by atoms with Crippen LogP contribution in [0, 0.1) is 11.5 Å². The molecule has 0 aliphatic rings. The second-order valence-corrected chi connectivity index (χ2v) is 3.25. The number of hydrogen-bond donors (Lipinski definition) is 1. The average molecular weight is 227 g/mol. The molecule has 0 saturated carbocycles. The summed E-state index contributed by atoms with van der Waals surface area (Å²) in [6.07, 6.45) is 1.68. The van der Waals surface area contributed by atoms with Gasteiger partial charge in [-0.15, -0.1) is 0 Å². The summed E-state index contributed by atoms with van der Waals surface area (Å²) in [7, 11) is 0. The second-order valence-electron chi connectivity index (χ2n) is 2.44. The standard InChI is InChI=1S/C9H7ClN2OS/c10-8-3-1-7(2-4-8)5-13-9(14)12-6-11/h1-4H,5H2,(H,12,14). The van der Waals surface area contributed by atoms with Crippen LogP contribution in [0.5, 0.6) is 0 Å². The zero-order valence-electron chi connectivity index (χ0n) is 7.16. The lowest BCUT2D eigenvalue weighted by atomic mass is 10.2. The number of benzene rings is 1. The van der Waals surface area contributed by atoms with Crippen molar-refractivity contribution in [2.45, 2.75) is 6.61 Å². The van der Waals surface area contributed by atoms with Gasteiger partial charge in [-0.1, -0.05) is 23.7 Å². The molecule has 3 nitrogen and oxygen atoms in total. The average Bonchev–Trinajstić information content (AvgIpc) is 2.17. The van der Waals surface area contributed by atoms with Gasteiger partial charge in [0, 0.05) is 5.02 Å². The SMILES string of the molecule is N#CNC(=S)OCc1ccc(Cl)cc1. The fourth-order valence-corrected chi connectivity index (χ4v) is 1.04. The third kappa shape index (κ3) is 3.60. The van der Waals surface area contributed by atoms with Crippen LogP contribution < -0.4 is 5.32 Å². The lowest BCUT2D eigenvalue weighted by Gasteiger charge is -2.04. The van der Waals surface area contributed by atoms with Crippen LogP contribution in [0.25, 0.3) is 0 Å². The van der Waals surface area contributed by atoms with Gasteiger partial charge in [-0.3, -0.25) is 5.32 Å². The van der Waals surface area contributed by atoms with Gasteiger partial charge in [0.05, 0.1) is 0 Å². The molecule has 0 spiro atoms. The van der Waals surface area contributed by atoms with Crippen molar-refractivity contribution in [3.8, 4) is 6.19 Å². The van der Waals surface area contributed by atoms with Crippen molar-refractivity contribution in [2.24, 2.45) is 0 Å². The fraction of sp³-hybridized carbons (Fsp3) is 0.111. The Morgan fingerprint density at radius 3 is 2.71 bits per heavy atom. The van der Waals surface area contributed by atoms with E-state index >= 15 is 0 Å². The first-order valence-corrected chi connectivity index (χ1v) is 4.57. The molecule has 5 heteroatoms. The number of thiocarbonyl (C=S) groups is 1. The number of rotatable bonds is 2. The molecular weight excluding hydrogens is 220 g/mol. The van der Waals surface area contributed by atoms with Gasteiger partial charge < -0.3 is 4.74 Å². The van der Waals surface area contributed by atoms with Crippen molar-refractivity contribution < 1.29 is 4.74 Å². The molecule has 0 fully saturated rings. The summed E-state index contributed by atoms with van der Waals surface area (Å²) in [6.45, 7) is 0.324.